The normalized spacial score (nSPS) is 17.6. The first kappa shape index (κ1) is 15.2. The van der Waals surface area contributed by atoms with Crippen LogP contribution in [0, 0.1) is 13.8 Å². The van der Waals surface area contributed by atoms with Crippen molar-refractivity contribution < 1.29 is 9.53 Å². The predicted molar refractivity (Wildman–Crippen MR) is 89.5 cm³/mol. The van der Waals surface area contributed by atoms with Crippen LogP contribution in [-0.2, 0) is 6.54 Å². The highest BCUT2D eigenvalue weighted by atomic mass is 16.5. The van der Waals surface area contributed by atoms with Crippen molar-refractivity contribution in [2.45, 2.75) is 58.5 Å². The van der Waals surface area contributed by atoms with E-state index < -0.39 is 0 Å². The first-order chi connectivity index (χ1) is 11.6. The molecule has 128 valence electrons. The summed E-state index contributed by atoms with van der Waals surface area (Å²) in [6, 6.07) is 2.31. The van der Waals surface area contributed by atoms with Gasteiger partial charge in [0.2, 0.25) is 5.88 Å². The zero-order chi connectivity index (χ0) is 16.7. The van der Waals surface area contributed by atoms with Crippen molar-refractivity contribution in [3.8, 4) is 5.88 Å². The molecule has 1 aliphatic carbocycles. The molecule has 4 rings (SSSR count). The third kappa shape index (κ3) is 2.57. The summed E-state index contributed by atoms with van der Waals surface area (Å²) in [6.07, 6.45) is 5.61. The molecule has 1 N–H and O–H groups in total. The molecule has 0 atom stereocenters. The summed E-state index contributed by atoms with van der Waals surface area (Å²) >= 11 is 0. The summed E-state index contributed by atoms with van der Waals surface area (Å²) in [7, 11) is 0. The number of anilines is 1. The average Bonchev–Trinajstić information content (AvgIpc) is 3.27. The van der Waals surface area contributed by atoms with Crippen molar-refractivity contribution in [3.05, 3.63) is 23.0 Å². The molecule has 2 aromatic heterocycles. The maximum Gasteiger partial charge on any atom is 0.277 e. The fourth-order valence-corrected chi connectivity index (χ4v) is 3.68. The first-order valence-electron chi connectivity index (χ1n) is 8.71. The SMILES string of the molecule is Cc1cc(NC(=O)c2nn3c(c2C)OCCC3)n(C2CCCC2)n1. The molecule has 1 aliphatic heterocycles. The number of hydrogen-bond donors (Lipinski definition) is 1. The van der Waals surface area contributed by atoms with Gasteiger partial charge in [-0.3, -0.25) is 4.79 Å². The van der Waals surface area contributed by atoms with Crippen LogP contribution in [-0.4, -0.2) is 32.1 Å². The summed E-state index contributed by atoms with van der Waals surface area (Å²) < 4.78 is 9.41. The average molecular weight is 329 g/mol. The zero-order valence-corrected chi connectivity index (χ0v) is 14.2. The molecular formula is C17H23N5O2. The summed E-state index contributed by atoms with van der Waals surface area (Å²) in [4.78, 5) is 12.7. The number of carbonyl (C=O) groups is 1. The Kier molecular flexibility index (Phi) is 3.78. The molecule has 3 heterocycles. The van der Waals surface area contributed by atoms with Gasteiger partial charge in [-0.2, -0.15) is 10.2 Å². The smallest absolute Gasteiger partial charge is 0.277 e. The Balaban J connectivity index is 1.60. The molecule has 0 spiro atoms. The van der Waals surface area contributed by atoms with Crippen molar-refractivity contribution in [1.29, 1.82) is 0 Å². The molecule has 0 bridgehead atoms. The minimum absolute atomic E-state index is 0.197. The largest absolute Gasteiger partial charge is 0.478 e. The molecule has 2 aliphatic rings. The molecule has 7 nitrogen and oxygen atoms in total. The lowest BCUT2D eigenvalue weighted by molar-refractivity contribution is 0.101. The summed E-state index contributed by atoms with van der Waals surface area (Å²) in [5.41, 5.74) is 2.15. The lowest BCUT2D eigenvalue weighted by atomic mass is 10.2. The molecule has 7 heteroatoms. The topological polar surface area (TPSA) is 74.0 Å². The van der Waals surface area contributed by atoms with Crippen LogP contribution in [0.5, 0.6) is 5.88 Å². The number of aryl methyl sites for hydroxylation is 2. The second kappa shape index (κ2) is 5.96. The number of fused-ring (bicyclic) bond motifs is 1. The molecule has 0 saturated heterocycles. The van der Waals surface area contributed by atoms with Gasteiger partial charge in [-0.05, 0) is 26.7 Å². The zero-order valence-electron chi connectivity index (χ0n) is 14.2. The van der Waals surface area contributed by atoms with Gasteiger partial charge in [0.15, 0.2) is 5.69 Å². The second-order valence-electron chi connectivity index (χ2n) is 6.71. The molecule has 0 radical (unpaired) electrons. The van der Waals surface area contributed by atoms with Crippen LogP contribution >= 0.6 is 0 Å². The van der Waals surface area contributed by atoms with E-state index in [0.29, 0.717) is 24.2 Å². The van der Waals surface area contributed by atoms with Gasteiger partial charge >= 0.3 is 0 Å². The van der Waals surface area contributed by atoms with Crippen molar-refractivity contribution in [3.63, 3.8) is 0 Å². The molecule has 1 fully saturated rings. The monoisotopic (exact) mass is 329 g/mol. The van der Waals surface area contributed by atoms with Crippen LogP contribution in [0.3, 0.4) is 0 Å². The fraction of sp³-hybridized carbons (Fsp3) is 0.588. The lowest BCUT2D eigenvalue weighted by Crippen LogP contribution is -2.19. The molecule has 24 heavy (non-hydrogen) atoms. The molecular weight excluding hydrogens is 306 g/mol. The Labute approximate surface area is 141 Å². The van der Waals surface area contributed by atoms with Crippen molar-refractivity contribution in [2.75, 3.05) is 11.9 Å². The van der Waals surface area contributed by atoms with Gasteiger partial charge in [0, 0.05) is 24.6 Å². The lowest BCUT2D eigenvalue weighted by Gasteiger charge is -2.14. The maximum absolute atomic E-state index is 12.7. The summed E-state index contributed by atoms with van der Waals surface area (Å²) in [5, 5.41) is 12.0. The van der Waals surface area contributed by atoms with E-state index in [1.54, 1.807) is 4.68 Å². The third-order valence-corrected chi connectivity index (χ3v) is 4.87. The van der Waals surface area contributed by atoms with Crippen LogP contribution in [0.25, 0.3) is 0 Å². The van der Waals surface area contributed by atoms with Gasteiger partial charge in [-0.1, -0.05) is 12.8 Å². The minimum atomic E-state index is -0.197. The fourth-order valence-electron chi connectivity index (χ4n) is 3.68. The highest BCUT2D eigenvalue weighted by Crippen LogP contribution is 2.32. The van der Waals surface area contributed by atoms with Crippen LogP contribution < -0.4 is 10.1 Å². The van der Waals surface area contributed by atoms with E-state index in [1.165, 1.54) is 12.8 Å². The molecule has 0 aromatic carbocycles. The maximum atomic E-state index is 12.7. The molecule has 1 amide bonds. The number of carbonyl (C=O) groups excluding carboxylic acids is 1. The van der Waals surface area contributed by atoms with E-state index in [4.69, 9.17) is 4.74 Å². The Hall–Kier alpha value is -2.31. The van der Waals surface area contributed by atoms with E-state index in [-0.39, 0.29) is 5.91 Å². The van der Waals surface area contributed by atoms with Gasteiger partial charge in [0.05, 0.1) is 18.3 Å². The van der Waals surface area contributed by atoms with Gasteiger partial charge in [-0.25, -0.2) is 9.36 Å². The Morgan fingerprint density at radius 3 is 2.79 bits per heavy atom. The van der Waals surface area contributed by atoms with E-state index in [0.717, 1.165) is 42.9 Å². The number of nitrogens with one attached hydrogen (secondary N) is 1. The van der Waals surface area contributed by atoms with Crippen molar-refractivity contribution in [2.24, 2.45) is 0 Å². The molecule has 2 aromatic rings. The van der Waals surface area contributed by atoms with Crippen LogP contribution in [0.4, 0.5) is 5.82 Å². The summed E-state index contributed by atoms with van der Waals surface area (Å²) in [5.74, 6) is 1.28. The first-order valence-corrected chi connectivity index (χ1v) is 8.71. The van der Waals surface area contributed by atoms with Gasteiger partial charge in [0.1, 0.15) is 5.82 Å². The second-order valence-corrected chi connectivity index (χ2v) is 6.71. The standard InChI is InChI=1S/C17H23N5O2/c1-11-10-14(22(19-11)13-6-3-4-7-13)18-16(23)15-12(2)17-21(20-15)8-5-9-24-17/h10,13H,3-9H2,1-2H3,(H,18,23). The number of ether oxygens (including phenoxy) is 1. The van der Waals surface area contributed by atoms with Crippen LogP contribution in [0.1, 0.15) is 59.9 Å². The van der Waals surface area contributed by atoms with Gasteiger partial charge in [-0.15, -0.1) is 0 Å². The van der Waals surface area contributed by atoms with E-state index in [9.17, 15) is 4.79 Å². The van der Waals surface area contributed by atoms with Crippen LogP contribution in [0.2, 0.25) is 0 Å². The van der Waals surface area contributed by atoms with Gasteiger partial charge in [0.25, 0.3) is 5.91 Å². The van der Waals surface area contributed by atoms with Gasteiger partial charge < -0.3 is 10.1 Å². The van der Waals surface area contributed by atoms with E-state index in [1.807, 2.05) is 24.6 Å². The number of amides is 1. The highest BCUT2D eigenvalue weighted by Gasteiger charge is 2.26. The Bertz CT molecular complexity index is 770. The highest BCUT2D eigenvalue weighted by molar-refractivity contribution is 6.03. The number of hydrogen-bond acceptors (Lipinski definition) is 4. The number of rotatable bonds is 3. The van der Waals surface area contributed by atoms with E-state index in [2.05, 4.69) is 15.5 Å². The quantitative estimate of drug-likeness (QED) is 0.939. The third-order valence-electron chi connectivity index (χ3n) is 4.87. The Morgan fingerprint density at radius 1 is 1.25 bits per heavy atom. The van der Waals surface area contributed by atoms with Crippen molar-refractivity contribution >= 4 is 11.7 Å². The molecule has 0 unspecified atom stereocenters. The summed E-state index contributed by atoms with van der Waals surface area (Å²) in [6.45, 7) is 5.32. The van der Waals surface area contributed by atoms with Crippen LogP contribution in [0.15, 0.2) is 6.07 Å². The number of nitrogens with zero attached hydrogens (tertiary/aromatic N) is 4. The number of aromatic nitrogens is 4. The van der Waals surface area contributed by atoms with Crippen molar-refractivity contribution in [1.82, 2.24) is 19.6 Å². The minimum Gasteiger partial charge on any atom is -0.478 e. The Morgan fingerprint density at radius 2 is 2.04 bits per heavy atom. The predicted octanol–water partition coefficient (Wildman–Crippen LogP) is 2.85. The molecule has 1 saturated carbocycles. The van der Waals surface area contributed by atoms with E-state index >= 15 is 0 Å².